The Bertz CT molecular complexity index is 656. The predicted molar refractivity (Wildman–Crippen MR) is 89.2 cm³/mol. The van der Waals surface area contributed by atoms with E-state index in [1.54, 1.807) is 24.3 Å². The van der Waals surface area contributed by atoms with Gasteiger partial charge in [0.25, 0.3) is 0 Å². The lowest BCUT2D eigenvalue weighted by Crippen LogP contribution is -2.22. The molecule has 0 saturated heterocycles. The molecule has 0 aromatic heterocycles. The average Bonchev–Trinajstić information content (AvgIpc) is 2.59. The van der Waals surface area contributed by atoms with E-state index in [9.17, 15) is 9.59 Å². The Morgan fingerprint density at radius 3 is 2.43 bits per heavy atom. The summed E-state index contributed by atoms with van der Waals surface area (Å²) in [5.41, 5.74) is 1.98. The second-order valence-electron chi connectivity index (χ2n) is 5.00. The number of anilines is 1. The molecule has 0 spiro atoms. The number of esters is 1. The van der Waals surface area contributed by atoms with Gasteiger partial charge in [-0.1, -0.05) is 42.5 Å². The molecule has 0 aliphatic rings. The molecule has 2 rings (SSSR count). The third kappa shape index (κ3) is 5.23. The van der Waals surface area contributed by atoms with Gasteiger partial charge in [-0.05, 0) is 17.7 Å². The van der Waals surface area contributed by atoms with E-state index in [4.69, 9.17) is 4.74 Å². The van der Waals surface area contributed by atoms with Crippen molar-refractivity contribution in [2.45, 2.75) is 13.0 Å². The molecule has 5 nitrogen and oxygen atoms in total. The van der Waals surface area contributed by atoms with Gasteiger partial charge in [-0.3, -0.25) is 4.79 Å². The molecule has 0 saturated carbocycles. The van der Waals surface area contributed by atoms with Gasteiger partial charge in [-0.2, -0.15) is 0 Å². The van der Waals surface area contributed by atoms with E-state index >= 15 is 0 Å². The van der Waals surface area contributed by atoms with Crippen molar-refractivity contribution in [2.75, 3.05) is 19.0 Å². The van der Waals surface area contributed by atoms with Crippen LogP contribution < -0.4 is 10.6 Å². The fraction of sp³-hybridized carbons (Fsp3) is 0.222. The van der Waals surface area contributed by atoms with Crippen molar-refractivity contribution in [1.29, 1.82) is 0 Å². The summed E-state index contributed by atoms with van der Waals surface area (Å²) in [5.74, 6) is -0.620. The molecular weight excluding hydrogens is 292 g/mol. The zero-order valence-corrected chi connectivity index (χ0v) is 13.0. The summed E-state index contributed by atoms with van der Waals surface area (Å²) < 4.78 is 4.70. The van der Waals surface area contributed by atoms with Gasteiger partial charge in [-0.25, -0.2) is 4.79 Å². The van der Waals surface area contributed by atoms with E-state index < -0.39 is 5.97 Å². The molecule has 23 heavy (non-hydrogen) atoms. The van der Waals surface area contributed by atoms with Crippen LogP contribution >= 0.6 is 0 Å². The number of nitrogens with one attached hydrogen (secondary N) is 2. The molecule has 5 heteroatoms. The minimum atomic E-state index is -0.469. The number of hydrogen-bond acceptors (Lipinski definition) is 4. The maximum atomic E-state index is 12.0. The van der Waals surface area contributed by atoms with Crippen molar-refractivity contribution in [3.63, 3.8) is 0 Å². The van der Waals surface area contributed by atoms with Gasteiger partial charge < -0.3 is 15.4 Å². The van der Waals surface area contributed by atoms with Crippen molar-refractivity contribution in [3.8, 4) is 0 Å². The van der Waals surface area contributed by atoms with Crippen LogP contribution in [-0.2, 0) is 16.1 Å². The van der Waals surface area contributed by atoms with E-state index in [-0.39, 0.29) is 5.91 Å². The fourth-order valence-electron chi connectivity index (χ4n) is 2.12. The third-order valence-electron chi connectivity index (χ3n) is 3.31. The Labute approximate surface area is 135 Å². The van der Waals surface area contributed by atoms with Crippen LogP contribution in [0.5, 0.6) is 0 Å². The zero-order valence-electron chi connectivity index (χ0n) is 13.0. The van der Waals surface area contributed by atoms with Crippen LogP contribution in [0.3, 0.4) is 0 Å². The van der Waals surface area contributed by atoms with Crippen LogP contribution in [-0.4, -0.2) is 25.5 Å². The largest absolute Gasteiger partial charge is 0.465 e. The summed E-state index contributed by atoms with van der Waals surface area (Å²) in [6.07, 6.45) is 0.322. The molecular formula is C18H20N2O3. The van der Waals surface area contributed by atoms with Crippen molar-refractivity contribution < 1.29 is 14.3 Å². The van der Waals surface area contributed by atoms with E-state index in [1.165, 1.54) is 12.7 Å². The highest BCUT2D eigenvalue weighted by Crippen LogP contribution is 2.16. The fourth-order valence-corrected chi connectivity index (χ4v) is 2.12. The van der Waals surface area contributed by atoms with Crippen LogP contribution in [0, 0.1) is 0 Å². The Balaban J connectivity index is 1.80. The monoisotopic (exact) mass is 312 g/mol. The van der Waals surface area contributed by atoms with Crippen LogP contribution in [0.1, 0.15) is 22.3 Å². The number of hydrogen-bond donors (Lipinski definition) is 2. The number of methoxy groups -OCH3 is 1. The lowest BCUT2D eigenvalue weighted by Gasteiger charge is -2.10. The molecule has 1 amide bonds. The lowest BCUT2D eigenvalue weighted by molar-refractivity contribution is -0.116. The molecule has 120 valence electrons. The van der Waals surface area contributed by atoms with Crippen molar-refractivity contribution in [1.82, 2.24) is 5.32 Å². The molecule has 0 heterocycles. The van der Waals surface area contributed by atoms with Gasteiger partial charge in [-0.15, -0.1) is 0 Å². The van der Waals surface area contributed by atoms with Crippen molar-refractivity contribution >= 4 is 17.6 Å². The summed E-state index contributed by atoms with van der Waals surface area (Å²) in [6, 6.07) is 16.8. The number of carbonyl (C=O) groups is 2. The Morgan fingerprint density at radius 2 is 1.70 bits per heavy atom. The van der Waals surface area contributed by atoms with Crippen molar-refractivity contribution in [2.24, 2.45) is 0 Å². The number of para-hydroxylation sites is 1. The first-order chi connectivity index (χ1) is 11.2. The molecule has 0 fully saturated rings. The second kappa shape index (κ2) is 8.70. The van der Waals surface area contributed by atoms with Gasteiger partial charge in [0.2, 0.25) is 5.91 Å². The lowest BCUT2D eigenvalue weighted by atomic mass is 10.1. The first-order valence-electron chi connectivity index (χ1n) is 7.42. The van der Waals surface area contributed by atoms with Gasteiger partial charge in [0.1, 0.15) is 0 Å². The smallest absolute Gasteiger partial charge is 0.339 e. The number of benzene rings is 2. The standard InChI is InChI=1S/C18H20N2O3/c1-23-18(22)15-9-5-6-10-16(15)20-17(21)11-12-19-13-14-7-3-2-4-8-14/h2-10,19H,11-13H2,1H3,(H,20,21). The minimum absolute atomic E-state index is 0.151. The highest BCUT2D eigenvalue weighted by molar-refractivity contribution is 6.01. The van der Waals surface area contributed by atoms with E-state index in [0.29, 0.717) is 30.8 Å². The van der Waals surface area contributed by atoms with Crippen LogP contribution in [0.2, 0.25) is 0 Å². The molecule has 0 aliphatic carbocycles. The molecule has 0 radical (unpaired) electrons. The summed E-state index contributed by atoms with van der Waals surface area (Å²) in [7, 11) is 1.31. The van der Waals surface area contributed by atoms with E-state index in [2.05, 4.69) is 10.6 Å². The van der Waals surface area contributed by atoms with Crippen molar-refractivity contribution in [3.05, 3.63) is 65.7 Å². The molecule has 0 unspecified atom stereocenters. The second-order valence-corrected chi connectivity index (χ2v) is 5.00. The van der Waals surface area contributed by atoms with Crippen LogP contribution in [0.25, 0.3) is 0 Å². The van der Waals surface area contributed by atoms with E-state index in [1.807, 2.05) is 30.3 Å². The number of ether oxygens (including phenoxy) is 1. The molecule has 2 aromatic carbocycles. The summed E-state index contributed by atoms with van der Waals surface area (Å²) in [4.78, 5) is 23.6. The molecule has 0 aliphatic heterocycles. The Morgan fingerprint density at radius 1 is 1.00 bits per heavy atom. The van der Waals surface area contributed by atoms with Gasteiger partial charge >= 0.3 is 5.97 Å². The van der Waals surface area contributed by atoms with Crippen LogP contribution in [0.4, 0.5) is 5.69 Å². The Hall–Kier alpha value is -2.66. The number of rotatable bonds is 7. The number of carbonyl (C=O) groups excluding carboxylic acids is 2. The van der Waals surface area contributed by atoms with Gasteiger partial charge in [0, 0.05) is 19.5 Å². The average molecular weight is 312 g/mol. The SMILES string of the molecule is COC(=O)c1ccccc1NC(=O)CCNCc1ccccc1. The topological polar surface area (TPSA) is 67.4 Å². The first-order valence-corrected chi connectivity index (χ1v) is 7.42. The maximum absolute atomic E-state index is 12.0. The highest BCUT2D eigenvalue weighted by Gasteiger charge is 2.12. The molecule has 2 N–H and O–H groups in total. The summed E-state index contributed by atoms with van der Waals surface area (Å²) >= 11 is 0. The summed E-state index contributed by atoms with van der Waals surface area (Å²) in [5, 5.41) is 5.96. The predicted octanol–water partition coefficient (Wildman–Crippen LogP) is 2.59. The highest BCUT2D eigenvalue weighted by atomic mass is 16.5. The van der Waals surface area contributed by atoms with Gasteiger partial charge in [0.05, 0.1) is 18.4 Å². The van der Waals surface area contributed by atoms with Gasteiger partial charge in [0.15, 0.2) is 0 Å². The molecule has 0 bridgehead atoms. The normalized spacial score (nSPS) is 10.1. The maximum Gasteiger partial charge on any atom is 0.339 e. The molecule has 0 atom stereocenters. The number of amides is 1. The van der Waals surface area contributed by atoms with E-state index in [0.717, 1.165) is 0 Å². The Kier molecular flexibility index (Phi) is 6.32. The van der Waals surface area contributed by atoms with Crippen LogP contribution in [0.15, 0.2) is 54.6 Å². The minimum Gasteiger partial charge on any atom is -0.465 e. The third-order valence-corrected chi connectivity index (χ3v) is 3.31. The zero-order chi connectivity index (χ0) is 16.5. The summed E-state index contributed by atoms with van der Waals surface area (Å²) in [6.45, 7) is 1.27. The molecule has 2 aromatic rings. The quantitative estimate of drug-likeness (QED) is 0.609. The first kappa shape index (κ1) is 16.7.